The van der Waals surface area contributed by atoms with Gasteiger partial charge in [0.25, 0.3) is 0 Å². The van der Waals surface area contributed by atoms with E-state index in [1.807, 2.05) is 24.4 Å². The van der Waals surface area contributed by atoms with Crippen LogP contribution in [0.4, 0.5) is 0 Å². The van der Waals surface area contributed by atoms with Gasteiger partial charge in [-0.15, -0.1) is 0 Å². The molecule has 0 heterocycles. The molecule has 0 saturated heterocycles. The van der Waals surface area contributed by atoms with Crippen molar-refractivity contribution in [1.29, 1.82) is 0 Å². The fourth-order valence-corrected chi connectivity index (χ4v) is 2.53. The lowest BCUT2D eigenvalue weighted by molar-refractivity contribution is 0.318. The molecule has 0 amide bonds. The summed E-state index contributed by atoms with van der Waals surface area (Å²) in [5.74, 6) is 1.04. The van der Waals surface area contributed by atoms with Crippen molar-refractivity contribution >= 4 is 6.21 Å². The van der Waals surface area contributed by atoms with Gasteiger partial charge < -0.3 is 5.11 Å². The van der Waals surface area contributed by atoms with Crippen LogP contribution in [0.3, 0.4) is 0 Å². The molecule has 1 atom stereocenters. The smallest absolute Gasteiger partial charge is 0.124 e. The highest BCUT2D eigenvalue weighted by Gasteiger charge is 2.18. The topological polar surface area (TPSA) is 32.6 Å². The molecule has 0 spiro atoms. The summed E-state index contributed by atoms with van der Waals surface area (Å²) in [5.41, 5.74) is 0.815. The summed E-state index contributed by atoms with van der Waals surface area (Å²) >= 11 is 0. The largest absolute Gasteiger partial charge is 0.507 e. The van der Waals surface area contributed by atoms with Gasteiger partial charge in [-0.25, -0.2) is 0 Å². The first kappa shape index (κ1) is 12.2. The number of phenolic OH excluding ortho intramolecular Hbond substituents is 1. The number of aliphatic imine (C=N–C) groups is 1. The Labute approximate surface area is 103 Å². The van der Waals surface area contributed by atoms with Crippen LogP contribution in [0.15, 0.2) is 29.3 Å². The highest BCUT2D eigenvalue weighted by Crippen LogP contribution is 2.27. The molecule has 17 heavy (non-hydrogen) atoms. The molecule has 1 aromatic carbocycles. The van der Waals surface area contributed by atoms with Gasteiger partial charge >= 0.3 is 0 Å². The Kier molecular flexibility index (Phi) is 4.18. The van der Waals surface area contributed by atoms with Crippen LogP contribution in [0.25, 0.3) is 0 Å². The van der Waals surface area contributed by atoms with Crippen LogP contribution in [-0.4, -0.2) is 17.4 Å². The van der Waals surface area contributed by atoms with Crippen LogP contribution in [0.1, 0.15) is 44.6 Å². The molecule has 1 aromatic rings. The Morgan fingerprint density at radius 3 is 2.65 bits per heavy atom. The van der Waals surface area contributed by atoms with Crippen LogP contribution < -0.4 is 0 Å². The molecule has 1 N–H and O–H groups in total. The minimum absolute atomic E-state index is 0.312. The molecule has 2 rings (SSSR count). The summed E-state index contributed by atoms with van der Waals surface area (Å²) in [4.78, 5) is 4.59. The van der Waals surface area contributed by atoms with Crippen molar-refractivity contribution in [3.8, 4) is 5.75 Å². The first-order valence-electron chi connectivity index (χ1n) is 6.58. The van der Waals surface area contributed by atoms with E-state index < -0.39 is 0 Å². The molecular weight excluding hydrogens is 210 g/mol. The molecule has 92 valence electrons. The van der Waals surface area contributed by atoms with Crippen LogP contribution >= 0.6 is 0 Å². The molecule has 1 aliphatic rings. The lowest BCUT2D eigenvalue weighted by Crippen LogP contribution is -2.18. The van der Waals surface area contributed by atoms with Gasteiger partial charge in [-0.1, -0.05) is 31.4 Å². The minimum Gasteiger partial charge on any atom is -0.507 e. The predicted octanol–water partition coefficient (Wildman–Crippen LogP) is 3.78. The Balaban J connectivity index is 1.97. The second-order valence-corrected chi connectivity index (χ2v) is 4.98. The summed E-state index contributed by atoms with van der Waals surface area (Å²) in [6.07, 6.45) is 8.50. The summed E-state index contributed by atoms with van der Waals surface area (Å²) in [6, 6.07) is 7.72. The average Bonchev–Trinajstić information content (AvgIpc) is 2.38. The number of aromatic hydroxyl groups is 1. The zero-order valence-corrected chi connectivity index (χ0v) is 10.5. The maximum Gasteiger partial charge on any atom is 0.124 e. The number of nitrogens with zero attached hydrogens (tertiary/aromatic N) is 1. The van der Waals surface area contributed by atoms with Crippen molar-refractivity contribution in [2.45, 2.75) is 45.1 Å². The molecule has 0 aliphatic heterocycles. The number of hydrogen-bond donors (Lipinski definition) is 1. The second kappa shape index (κ2) is 5.85. The first-order chi connectivity index (χ1) is 8.27. The van der Waals surface area contributed by atoms with Crippen molar-refractivity contribution in [3.05, 3.63) is 29.8 Å². The second-order valence-electron chi connectivity index (χ2n) is 4.98. The zero-order chi connectivity index (χ0) is 12.1. The monoisotopic (exact) mass is 231 g/mol. The van der Waals surface area contributed by atoms with E-state index in [0.717, 1.165) is 11.5 Å². The highest BCUT2D eigenvalue weighted by atomic mass is 16.3. The van der Waals surface area contributed by atoms with E-state index in [1.165, 1.54) is 32.1 Å². The summed E-state index contributed by atoms with van der Waals surface area (Å²) < 4.78 is 0. The number of benzene rings is 1. The molecule has 0 aromatic heterocycles. The normalized spacial score (nSPS) is 19.6. The van der Waals surface area contributed by atoms with E-state index in [0.29, 0.717) is 11.8 Å². The molecule has 2 nitrogen and oxygen atoms in total. The van der Waals surface area contributed by atoms with Gasteiger partial charge in [0.1, 0.15) is 5.75 Å². The van der Waals surface area contributed by atoms with Gasteiger partial charge in [0.05, 0.1) is 0 Å². The van der Waals surface area contributed by atoms with Crippen molar-refractivity contribution in [2.24, 2.45) is 10.9 Å². The molecule has 2 heteroatoms. The van der Waals surface area contributed by atoms with E-state index in [9.17, 15) is 5.11 Å². The number of hydrogen-bond acceptors (Lipinski definition) is 2. The average molecular weight is 231 g/mol. The van der Waals surface area contributed by atoms with E-state index in [-0.39, 0.29) is 0 Å². The third-order valence-corrected chi connectivity index (χ3v) is 3.72. The third-order valence-electron chi connectivity index (χ3n) is 3.72. The van der Waals surface area contributed by atoms with Gasteiger partial charge in [-0.3, -0.25) is 4.99 Å². The van der Waals surface area contributed by atoms with Gasteiger partial charge in [0.2, 0.25) is 0 Å². The van der Waals surface area contributed by atoms with Crippen LogP contribution in [0.5, 0.6) is 5.75 Å². The standard InChI is InChI=1S/C15H21NO/c1-12(13-7-3-2-4-8-13)16-11-14-9-5-6-10-15(14)17/h5-6,9-13,17H,2-4,7-8H2,1H3/t12-/m1/s1. The summed E-state index contributed by atoms with van der Waals surface area (Å²) in [7, 11) is 0. The number of rotatable bonds is 3. The molecule has 1 aliphatic carbocycles. The maximum atomic E-state index is 9.64. The molecule has 0 radical (unpaired) electrons. The number of para-hydroxylation sites is 1. The third kappa shape index (κ3) is 3.32. The molecule has 0 bridgehead atoms. The van der Waals surface area contributed by atoms with Crippen molar-refractivity contribution in [1.82, 2.24) is 0 Å². The molecule has 1 saturated carbocycles. The van der Waals surface area contributed by atoms with E-state index in [4.69, 9.17) is 0 Å². The van der Waals surface area contributed by atoms with Crippen LogP contribution in [0.2, 0.25) is 0 Å². The van der Waals surface area contributed by atoms with E-state index in [2.05, 4.69) is 11.9 Å². The SMILES string of the molecule is C[C@@H](N=Cc1ccccc1O)C1CCCCC1. The lowest BCUT2D eigenvalue weighted by Gasteiger charge is -2.24. The van der Waals surface area contributed by atoms with Crippen LogP contribution in [-0.2, 0) is 0 Å². The van der Waals surface area contributed by atoms with Crippen molar-refractivity contribution in [3.63, 3.8) is 0 Å². The Morgan fingerprint density at radius 2 is 1.94 bits per heavy atom. The quantitative estimate of drug-likeness (QED) is 0.789. The fraction of sp³-hybridized carbons (Fsp3) is 0.533. The predicted molar refractivity (Wildman–Crippen MR) is 71.7 cm³/mol. The summed E-state index contributed by atoms with van der Waals surface area (Å²) in [6.45, 7) is 2.19. The minimum atomic E-state index is 0.312. The Hall–Kier alpha value is -1.31. The fourth-order valence-electron chi connectivity index (χ4n) is 2.53. The van der Waals surface area contributed by atoms with Gasteiger partial charge in [-0.2, -0.15) is 0 Å². The van der Waals surface area contributed by atoms with Crippen molar-refractivity contribution in [2.75, 3.05) is 0 Å². The first-order valence-corrected chi connectivity index (χ1v) is 6.58. The van der Waals surface area contributed by atoms with Gasteiger partial charge in [-0.05, 0) is 37.8 Å². The Bertz CT molecular complexity index is 380. The van der Waals surface area contributed by atoms with Crippen molar-refractivity contribution < 1.29 is 5.11 Å². The summed E-state index contributed by atoms with van der Waals surface area (Å²) in [5, 5.41) is 9.64. The molecular formula is C15H21NO. The van der Waals surface area contributed by atoms with E-state index in [1.54, 1.807) is 6.07 Å². The zero-order valence-electron chi connectivity index (χ0n) is 10.5. The van der Waals surface area contributed by atoms with E-state index >= 15 is 0 Å². The highest BCUT2D eigenvalue weighted by molar-refractivity contribution is 5.83. The molecule has 0 unspecified atom stereocenters. The maximum absolute atomic E-state index is 9.64. The number of phenols is 1. The van der Waals surface area contributed by atoms with Gasteiger partial charge in [0.15, 0.2) is 0 Å². The van der Waals surface area contributed by atoms with Crippen LogP contribution in [0, 0.1) is 5.92 Å². The lowest BCUT2D eigenvalue weighted by atomic mass is 9.85. The Morgan fingerprint density at radius 1 is 1.24 bits per heavy atom. The molecule has 1 fully saturated rings. The van der Waals surface area contributed by atoms with Gasteiger partial charge in [0, 0.05) is 17.8 Å².